The number of anilines is 1. The standard InChI is InChI=1S/C26H28N4O5/c1-3-4-13-21(25(32)33)28-24(31)23-22(14-27-30(23)2)29-26(34)35-15-20-18-11-7-5-9-16(18)17-10-6-8-12-19(17)20/h5-12,14,20-21H,3-4,13,15H2,1-2H3,(H,28,31)(H,29,34)(H,32,33). The van der Waals surface area contributed by atoms with Gasteiger partial charge in [-0.05, 0) is 28.7 Å². The zero-order valence-corrected chi connectivity index (χ0v) is 19.7. The molecule has 1 heterocycles. The molecule has 182 valence electrons. The number of carbonyl (C=O) groups is 3. The second kappa shape index (κ2) is 10.4. The second-order valence-electron chi connectivity index (χ2n) is 8.49. The van der Waals surface area contributed by atoms with E-state index in [0.29, 0.717) is 12.8 Å². The first-order chi connectivity index (χ1) is 16.9. The van der Waals surface area contributed by atoms with Crippen LogP contribution in [0.1, 0.15) is 53.7 Å². The van der Waals surface area contributed by atoms with Crippen LogP contribution in [0.4, 0.5) is 10.5 Å². The molecule has 1 aliphatic rings. The molecular weight excluding hydrogens is 448 g/mol. The second-order valence-corrected chi connectivity index (χ2v) is 8.49. The van der Waals surface area contributed by atoms with Gasteiger partial charge in [-0.1, -0.05) is 68.3 Å². The number of aromatic nitrogens is 2. The molecule has 1 atom stereocenters. The Bertz CT molecular complexity index is 1210. The van der Waals surface area contributed by atoms with E-state index < -0.39 is 24.0 Å². The minimum atomic E-state index is -1.11. The Morgan fingerprint density at radius 2 is 1.71 bits per heavy atom. The van der Waals surface area contributed by atoms with Gasteiger partial charge in [0.25, 0.3) is 5.91 Å². The van der Waals surface area contributed by atoms with Crippen LogP contribution in [-0.4, -0.2) is 45.5 Å². The van der Waals surface area contributed by atoms with Crippen LogP contribution in [0, 0.1) is 0 Å². The van der Waals surface area contributed by atoms with E-state index in [2.05, 4.69) is 27.9 Å². The van der Waals surface area contributed by atoms with Crippen molar-refractivity contribution in [1.29, 1.82) is 0 Å². The number of aryl methyl sites for hydroxylation is 1. The fraction of sp³-hybridized carbons (Fsp3) is 0.308. The van der Waals surface area contributed by atoms with E-state index in [1.54, 1.807) is 7.05 Å². The lowest BCUT2D eigenvalue weighted by atomic mass is 9.98. The fourth-order valence-corrected chi connectivity index (χ4v) is 4.43. The molecule has 0 saturated carbocycles. The van der Waals surface area contributed by atoms with Gasteiger partial charge in [0.1, 0.15) is 18.3 Å². The van der Waals surface area contributed by atoms with Gasteiger partial charge >= 0.3 is 12.1 Å². The van der Waals surface area contributed by atoms with Gasteiger partial charge in [0.2, 0.25) is 0 Å². The molecule has 0 spiro atoms. The van der Waals surface area contributed by atoms with Crippen molar-refractivity contribution in [3.05, 3.63) is 71.5 Å². The maximum Gasteiger partial charge on any atom is 0.411 e. The number of nitrogens with one attached hydrogen (secondary N) is 2. The average Bonchev–Trinajstić information content (AvgIpc) is 3.37. The third-order valence-corrected chi connectivity index (χ3v) is 6.18. The van der Waals surface area contributed by atoms with Crippen LogP contribution >= 0.6 is 0 Å². The largest absolute Gasteiger partial charge is 0.480 e. The lowest BCUT2D eigenvalue weighted by molar-refractivity contribution is -0.139. The van der Waals surface area contributed by atoms with E-state index in [1.807, 2.05) is 43.3 Å². The Morgan fingerprint density at radius 1 is 1.09 bits per heavy atom. The predicted octanol–water partition coefficient (Wildman–Crippen LogP) is 4.15. The van der Waals surface area contributed by atoms with Crippen molar-refractivity contribution in [2.45, 2.75) is 38.1 Å². The maximum atomic E-state index is 12.8. The van der Waals surface area contributed by atoms with Crippen molar-refractivity contribution in [3.63, 3.8) is 0 Å². The van der Waals surface area contributed by atoms with Crippen molar-refractivity contribution in [1.82, 2.24) is 15.1 Å². The number of hydrogen-bond donors (Lipinski definition) is 3. The van der Waals surface area contributed by atoms with Gasteiger partial charge < -0.3 is 15.2 Å². The summed E-state index contributed by atoms with van der Waals surface area (Å²) >= 11 is 0. The number of rotatable bonds is 9. The molecule has 1 unspecified atom stereocenters. The summed E-state index contributed by atoms with van der Waals surface area (Å²) in [5.74, 6) is -1.85. The maximum absolute atomic E-state index is 12.8. The van der Waals surface area contributed by atoms with Gasteiger partial charge in [-0.25, -0.2) is 9.59 Å². The summed E-state index contributed by atoms with van der Waals surface area (Å²) in [5.41, 5.74) is 4.62. The molecular formula is C26H28N4O5. The van der Waals surface area contributed by atoms with Crippen LogP contribution in [0.25, 0.3) is 11.1 Å². The van der Waals surface area contributed by atoms with Gasteiger partial charge in [0.15, 0.2) is 0 Å². The zero-order chi connectivity index (χ0) is 24.9. The molecule has 9 heteroatoms. The van der Waals surface area contributed by atoms with Crippen molar-refractivity contribution < 1.29 is 24.2 Å². The average molecular weight is 477 g/mol. The molecule has 0 bridgehead atoms. The van der Waals surface area contributed by atoms with E-state index in [-0.39, 0.29) is 23.9 Å². The Hall–Kier alpha value is -4.14. The summed E-state index contributed by atoms with van der Waals surface area (Å²) in [6.07, 6.45) is 2.38. The molecule has 0 radical (unpaired) electrons. The van der Waals surface area contributed by atoms with E-state index in [4.69, 9.17) is 4.74 Å². The van der Waals surface area contributed by atoms with Crippen molar-refractivity contribution in [2.24, 2.45) is 7.05 Å². The van der Waals surface area contributed by atoms with E-state index in [9.17, 15) is 19.5 Å². The van der Waals surface area contributed by atoms with Crippen molar-refractivity contribution >= 4 is 23.7 Å². The first-order valence-corrected chi connectivity index (χ1v) is 11.6. The van der Waals surface area contributed by atoms with Crippen LogP contribution in [0.15, 0.2) is 54.7 Å². The molecule has 0 aliphatic heterocycles. The molecule has 0 saturated heterocycles. The van der Waals surface area contributed by atoms with Crippen LogP contribution < -0.4 is 10.6 Å². The summed E-state index contributed by atoms with van der Waals surface area (Å²) in [4.78, 5) is 37.0. The topological polar surface area (TPSA) is 123 Å². The molecule has 2 aromatic carbocycles. The summed E-state index contributed by atoms with van der Waals surface area (Å²) in [5, 5.41) is 18.5. The molecule has 1 aromatic heterocycles. The molecule has 4 rings (SSSR count). The molecule has 35 heavy (non-hydrogen) atoms. The summed E-state index contributed by atoms with van der Waals surface area (Å²) in [7, 11) is 1.54. The molecule has 9 nitrogen and oxygen atoms in total. The lowest BCUT2D eigenvalue weighted by Gasteiger charge is -2.16. The van der Waals surface area contributed by atoms with Crippen molar-refractivity contribution in [2.75, 3.05) is 11.9 Å². The minimum absolute atomic E-state index is 0.0428. The van der Waals surface area contributed by atoms with E-state index in [0.717, 1.165) is 28.7 Å². The van der Waals surface area contributed by atoms with E-state index >= 15 is 0 Å². The number of benzene rings is 2. The summed E-state index contributed by atoms with van der Waals surface area (Å²) < 4.78 is 6.83. The lowest BCUT2D eigenvalue weighted by Crippen LogP contribution is -2.41. The third-order valence-electron chi connectivity index (χ3n) is 6.18. The van der Waals surface area contributed by atoms with Crippen LogP contribution in [-0.2, 0) is 16.6 Å². The number of carbonyl (C=O) groups excluding carboxylic acids is 2. The molecule has 2 amide bonds. The number of ether oxygens (including phenoxy) is 1. The molecule has 3 aromatic rings. The highest BCUT2D eigenvalue weighted by atomic mass is 16.5. The number of hydrogen-bond acceptors (Lipinski definition) is 5. The molecule has 3 N–H and O–H groups in total. The van der Waals surface area contributed by atoms with Gasteiger partial charge in [-0.2, -0.15) is 5.10 Å². The van der Waals surface area contributed by atoms with Gasteiger partial charge in [-0.15, -0.1) is 0 Å². The van der Waals surface area contributed by atoms with Crippen LogP contribution in [0.2, 0.25) is 0 Å². The zero-order valence-electron chi connectivity index (χ0n) is 19.7. The number of carboxylic acid groups (broad SMARTS) is 1. The molecule has 0 fully saturated rings. The number of unbranched alkanes of at least 4 members (excludes halogenated alkanes) is 1. The quantitative estimate of drug-likeness (QED) is 0.426. The van der Waals surface area contributed by atoms with Crippen LogP contribution in [0.5, 0.6) is 0 Å². The Labute approximate surface area is 203 Å². The number of fused-ring (bicyclic) bond motifs is 3. The van der Waals surface area contributed by atoms with Gasteiger partial charge in [-0.3, -0.25) is 14.8 Å². The Kier molecular flexibility index (Phi) is 7.14. The first-order valence-electron chi connectivity index (χ1n) is 11.6. The predicted molar refractivity (Wildman–Crippen MR) is 130 cm³/mol. The normalized spacial score (nSPS) is 13.0. The van der Waals surface area contributed by atoms with Crippen molar-refractivity contribution in [3.8, 4) is 11.1 Å². The van der Waals surface area contributed by atoms with Gasteiger partial charge in [0, 0.05) is 13.0 Å². The monoisotopic (exact) mass is 476 g/mol. The number of amides is 2. The van der Waals surface area contributed by atoms with Crippen LogP contribution in [0.3, 0.4) is 0 Å². The minimum Gasteiger partial charge on any atom is -0.480 e. The third kappa shape index (κ3) is 5.03. The Morgan fingerprint density at radius 3 is 2.31 bits per heavy atom. The van der Waals surface area contributed by atoms with E-state index in [1.165, 1.54) is 10.9 Å². The fourth-order valence-electron chi connectivity index (χ4n) is 4.43. The molecule has 1 aliphatic carbocycles. The smallest absolute Gasteiger partial charge is 0.411 e. The SMILES string of the molecule is CCCCC(NC(=O)c1c(NC(=O)OCC2c3ccccc3-c3ccccc32)cnn1C)C(=O)O. The highest BCUT2D eigenvalue weighted by Crippen LogP contribution is 2.44. The first kappa shape index (κ1) is 24.0. The summed E-state index contributed by atoms with van der Waals surface area (Å²) in [6, 6.07) is 15.0. The van der Waals surface area contributed by atoms with Gasteiger partial charge in [0.05, 0.1) is 11.9 Å². The number of aliphatic carboxylic acids is 1. The highest BCUT2D eigenvalue weighted by molar-refractivity contribution is 6.02. The number of carboxylic acids is 1. The highest BCUT2D eigenvalue weighted by Gasteiger charge is 2.30. The number of nitrogens with zero attached hydrogens (tertiary/aromatic N) is 2. The summed E-state index contributed by atoms with van der Waals surface area (Å²) in [6.45, 7) is 2.07. The Balaban J connectivity index is 1.44.